The predicted molar refractivity (Wildman–Crippen MR) is 99.2 cm³/mol. The van der Waals surface area contributed by atoms with Crippen LogP contribution in [0.4, 0.5) is 11.4 Å². The van der Waals surface area contributed by atoms with Crippen molar-refractivity contribution in [2.45, 2.75) is 20.0 Å². The second-order valence-corrected chi connectivity index (χ2v) is 6.15. The van der Waals surface area contributed by atoms with Gasteiger partial charge in [-0.1, -0.05) is 11.6 Å². The summed E-state index contributed by atoms with van der Waals surface area (Å²) >= 11 is 5.70. The summed E-state index contributed by atoms with van der Waals surface area (Å²) in [5.41, 5.74) is 0.0959. The van der Waals surface area contributed by atoms with E-state index in [1.165, 1.54) is 24.3 Å². The standard InChI is InChI=1S/C18H17ClN2O6/c1-11(2)27-14-6-3-12(4-7-14)18(23)26-10-17(22)20-13-5-8-15(19)16(9-13)21(24)25/h3-9,11H,10H2,1-2H3,(H,20,22). The highest BCUT2D eigenvalue weighted by molar-refractivity contribution is 6.32. The summed E-state index contributed by atoms with van der Waals surface area (Å²) in [4.78, 5) is 34.0. The molecule has 0 unspecified atom stereocenters. The van der Waals surface area contributed by atoms with Gasteiger partial charge in [-0.15, -0.1) is 0 Å². The van der Waals surface area contributed by atoms with Crippen LogP contribution >= 0.6 is 11.6 Å². The Hall–Kier alpha value is -3.13. The van der Waals surface area contributed by atoms with Gasteiger partial charge in [0.25, 0.3) is 11.6 Å². The molecule has 1 N–H and O–H groups in total. The number of carbonyl (C=O) groups is 2. The maximum absolute atomic E-state index is 12.0. The van der Waals surface area contributed by atoms with E-state index in [2.05, 4.69) is 5.32 Å². The van der Waals surface area contributed by atoms with Gasteiger partial charge >= 0.3 is 5.97 Å². The lowest BCUT2D eigenvalue weighted by molar-refractivity contribution is -0.384. The topological polar surface area (TPSA) is 108 Å². The van der Waals surface area contributed by atoms with E-state index < -0.39 is 23.4 Å². The number of nitro groups is 1. The highest BCUT2D eigenvalue weighted by atomic mass is 35.5. The first-order valence-corrected chi connectivity index (χ1v) is 8.31. The Labute approximate surface area is 160 Å². The number of nitrogens with one attached hydrogen (secondary N) is 1. The van der Waals surface area contributed by atoms with Gasteiger partial charge in [-0.05, 0) is 50.2 Å². The number of anilines is 1. The highest BCUT2D eigenvalue weighted by Gasteiger charge is 2.15. The van der Waals surface area contributed by atoms with Crippen LogP contribution in [-0.2, 0) is 9.53 Å². The average Bonchev–Trinajstić information content (AvgIpc) is 2.61. The fourth-order valence-electron chi connectivity index (χ4n) is 2.08. The zero-order chi connectivity index (χ0) is 20.0. The van der Waals surface area contributed by atoms with Gasteiger partial charge in [0, 0.05) is 11.8 Å². The number of nitrogens with zero attached hydrogens (tertiary/aromatic N) is 1. The minimum absolute atomic E-state index is 0.00943. The minimum Gasteiger partial charge on any atom is -0.491 e. The quantitative estimate of drug-likeness (QED) is 0.436. The van der Waals surface area contributed by atoms with Gasteiger partial charge < -0.3 is 14.8 Å². The molecule has 0 spiro atoms. The maximum Gasteiger partial charge on any atom is 0.338 e. The van der Waals surface area contributed by atoms with Crippen LogP contribution in [0.3, 0.4) is 0 Å². The number of benzene rings is 2. The van der Waals surface area contributed by atoms with E-state index in [1.807, 2.05) is 13.8 Å². The van der Waals surface area contributed by atoms with Gasteiger partial charge in [0.05, 0.1) is 16.6 Å². The molecule has 2 aromatic rings. The van der Waals surface area contributed by atoms with Crippen molar-refractivity contribution in [1.82, 2.24) is 0 Å². The Morgan fingerprint density at radius 1 is 1.19 bits per heavy atom. The van der Waals surface area contributed by atoms with Crippen LogP contribution in [0, 0.1) is 10.1 Å². The van der Waals surface area contributed by atoms with Crippen molar-refractivity contribution >= 4 is 34.9 Å². The average molecular weight is 393 g/mol. The molecule has 2 rings (SSSR count). The highest BCUT2D eigenvalue weighted by Crippen LogP contribution is 2.27. The summed E-state index contributed by atoms with van der Waals surface area (Å²) in [7, 11) is 0. The smallest absolute Gasteiger partial charge is 0.338 e. The van der Waals surface area contributed by atoms with Crippen LogP contribution in [-0.4, -0.2) is 29.5 Å². The van der Waals surface area contributed by atoms with Crippen LogP contribution < -0.4 is 10.1 Å². The molecule has 1 amide bonds. The third kappa shape index (κ3) is 5.96. The molecule has 0 aliphatic heterocycles. The van der Waals surface area contributed by atoms with E-state index in [-0.39, 0.29) is 28.1 Å². The summed E-state index contributed by atoms with van der Waals surface area (Å²) < 4.78 is 10.4. The van der Waals surface area contributed by atoms with Crippen LogP contribution in [0.5, 0.6) is 5.75 Å². The molecule has 0 atom stereocenters. The molecular formula is C18H17ClN2O6. The lowest BCUT2D eigenvalue weighted by Gasteiger charge is -2.10. The molecule has 0 aromatic heterocycles. The first kappa shape index (κ1) is 20.2. The Bertz CT molecular complexity index is 851. The summed E-state index contributed by atoms with van der Waals surface area (Å²) in [5.74, 6) is -0.702. The van der Waals surface area contributed by atoms with Crippen molar-refractivity contribution in [3.63, 3.8) is 0 Å². The summed E-state index contributed by atoms with van der Waals surface area (Å²) in [6.45, 7) is 3.23. The second kappa shape index (κ2) is 9.00. The third-order valence-electron chi connectivity index (χ3n) is 3.22. The van der Waals surface area contributed by atoms with E-state index in [4.69, 9.17) is 21.1 Å². The zero-order valence-corrected chi connectivity index (χ0v) is 15.4. The molecule has 2 aromatic carbocycles. The maximum atomic E-state index is 12.0. The zero-order valence-electron chi connectivity index (χ0n) is 14.6. The molecule has 0 saturated carbocycles. The first-order valence-electron chi connectivity index (χ1n) is 7.94. The molecule has 27 heavy (non-hydrogen) atoms. The van der Waals surface area contributed by atoms with Gasteiger partial charge in [-0.3, -0.25) is 14.9 Å². The van der Waals surface area contributed by atoms with Crippen molar-refractivity contribution in [2.75, 3.05) is 11.9 Å². The normalized spacial score (nSPS) is 10.4. The van der Waals surface area contributed by atoms with E-state index in [0.717, 1.165) is 6.07 Å². The molecule has 0 aliphatic rings. The van der Waals surface area contributed by atoms with Crippen molar-refractivity contribution in [3.8, 4) is 5.75 Å². The Morgan fingerprint density at radius 2 is 1.85 bits per heavy atom. The molecule has 8 nitrogen and oxygen atoms in total. The molecular weight excluding hydrogens is 376 g/mol. The molecule has 9 heteroatoms. The number of rotatable bonds is 7. The number of amides is 1. The predicted octanol–water partition coefficient (Wildman–Crippen LogP) is 3.83. The summed E-state index contributed by atoms with van der Waals surface area (Å²) in [6.07, 6.45) is 0.00943. The van der Waals surface area contributed by atoms with Crippen LogP contribution in [0.2, 0.25) is 5.02 Å². The molecule has 0 aliphatic carbocycles. The van der Waals surface area contributed by atoms with Crippen molar-refractivity contribution in [3.05, 3.63) is 63.2 Å². The molecule has 0 bridgehead atoms. The molecule has 0 heterocycles. The van der Waals surface area contributed by atoms with Crippen molar-refractivity contribution in [1.29, 1.82) is 0 Å². The number of halogens is 1. The Balaban J connectivity index is 1.90. The lowest BCUT2D eigenvalue weighted by Crippen LogP contribution is -2.21. The van der Waals surface area contributed by atoms with Crippen LogP contribution in [0.1, 0.15) is 24.2 Å². The van der Waals surface area contributed by atoms with Gasteiger partial charge in [0.15, 0.2) is 6.61 Å². The number of hydrogen-bond acceptors (Lipinski definition) is 6. The monoisotopic (exact) mass is 392 g/mol. The Kier molecular flexibility index (Phi) is 6.73. The number of nitro benzene ring substituents is 1. The fourth-order valence-corrected chi connectivity index (χ4v) is 2.27. The minimum atomic E-state index is -0.677. The molecule has 0 radical (unpaired) electrons. The van der Waals surface area contributed by atoms with Crippen LogP contribution in [0.15, 0.2) is 42.5 Å². The number of esters is 1. The van der Waals surface area contributed by atoms with Gasteiger partial charge in [0.2, 0.25) is 0 Å². The van der Waals surface area contributed by atoms with E-state index in [9.17, 15) is 19.7 Å². The van der Waals surface area contributed by atoms with Crippen LogP contribution in [0.25, 0.3) is 0 Å². The molecule has 142 valence electrons. The van der Waals surface area contributed by atoms with E-state index >= 15 is 0 Å². The van der Waals surface area contributed by atoms with Gasteiger partial charge in [-0.2, -0.15) is 0 Å². The second-order valence-electron chi connectivity index (χ2n) is 5.74. The number of ether oxygens (including phenoxy) is 2. The van der Waals surface area contributed by atoms with Crippen molar-refractivity contribution in [2.24, 2.45) is 0 Å². The third-order valence-corrected chi connectivity index (χ3v) is 3.54. The summed E-state index contributed by atoms with van der Waals surface area (Å²) in [5, 5.41) is 13.2. The van der Waals surface area contributed by atoms with Crippen molar-refractivity contribution < 1.29 is 24.0 Å². The summed E-state index contributed by atoms with van der Waals surface area (Å²) in [6, 6.07) is 10.1. The lowest BCUT2D eigenvalue weighted by atomic mass is 10.2. The largest absolute Gasteiger partial charge is 0.491 e. The van der Waals surface area contributed by atoms with E-state index in [0.29, 0.717) is 5.75 Å². The number of hydrogen-bond donors (Lipinski definition) is 1. The molecule has 0 saturated heterocycles. The molecule has 0 fully saturated rings. The fraction of sp³-hybridized carbons (Fsp3) is 0.222. The van der Waals surface area contributed by atoms with Gasteiger partial charge in [-0.25, -0.2) is 4.79 Å². The van der Waals surface area contributed by atoms with Gasteiger partial charge in [0.1, 0.15) is 10.8 Å². The SMILES string of the molecule is CC(C)Oc1ccc(C(=O)OCC(=O)Nc2ccc(Cl)c([N+](=O)[O-])c2)cc1. The Morgan fingerprint density at radius 3 is 2.44 bits per heavy atom. The first-order chi connectivity index (χ1) is 12.8. The van der Waals surface area contributed by atoms with E-state index in [1.54, 1.807) is 12.1 Å². The number of carbonyl (C=O) groups excluding carboxylic acids is 2.